The van der Waals surface area contributed by atoms with Crippen LogP contribution in [0.5, 0.6) is 5.75 Å². The second-order valence-electron chi connectivity index (χ2n) is 4.22. The Morgan fingerprint density at radius 1 is 1.28 bits per heavy atom. The molecule has 1 aromatic carbocycles. The number of halogens is 2. The first-order chi connectivity index (χ1) is 8.19. The third-order valence-corrected chi connectivity index (χ3v) is 3.28. The number of hydrogen-bond donors (Lipinski definition) is 1. The molecule has 4 heteroatoms. The lowest BCUT2D eigenvalue weighted by atomic mass is 10.0. The van der Waals surface area contributed by atoms with E-state index in [2.05, 4.69) is 28.9 Å². The second-order valence-corrected chi connectivity index (χ2v) is 5.13. The Morgan fingerprint density at radius 3 is 2.61 bits per heavy atom. The van der Waals surface area contributed by atoms with Gasteiger partial charge in [0, 0.05) is 16.1 Å². The summed E-state index contributed by atoms with van der Waals surface area (Å²) < 4.78 is 6.68. The van der Waals surface area contributed by atoms with Crippen LogP contribution in [0, 0.1) is 0 Å². The van der Waals surface area contributed by atoms with Crippen LogP contribution in [-0.4, -0.2) is 6.61 Å². The van der Waals surface area contributed by atoms with Gasteiger partial charge in [-0.2, -0.15) is 0 Å². The third kappa shape index (κ3) is 5.59. The molecule has 0 radical (unpaired) electrons. The van der Waals surface area contributed by atoms with Gasteiger partial charge in [0.25, 0.3) is 0 Å². The predicted octanol–water partition coefficient (Wildman–Crippen LogP) is 4.85. The lowest BCUT2D eigenvalue weighted by Gasteiger charge is -2.17. The first-order valence-corrected chi connectivity index (χ1v) is 7.16. The van der Waals surface area contributed by atoms with Crippen molar-refractivity contribution in [1.29, 1.82) is 0 Å². The van der Waals surface area contributed by atoms with Gasteiger partial charge in [-0.3, -0.25) is 0 Å². The number of ether oxygens (including phenoxy) is 1. The topological polar surface area (TPSA) is 35.2 Å². The van der Waals surface area contributed by atoms with E-state index < -0.39 is 0 Å². The molecular weight excluding hydrogens is 314 g/mol. The quantitative estimate of drug-likeness (QED) is 0.722. The standard InChI is InChI=1S/C14H22BrNO.ClH/c1-3-5-6-7-13(16)12-10-11(15)8-9-14(12)17-4-2;/h8-10,13H,3-7,16H2,1-2H3;1H/t13-;/m1./s1. The van der Waals surface area contributed by atoms with E-state index in [0.29, 0.717) is 6.61 Å². The van der Waals surface area contributed by atoms with E-state index in [-0.39, 0.29) is 18.4 Å². The van der Waals surface area contributed by atoms with Crippen LogP contribution in [0.2, 0.25) is 0 Å². The zero-order valence-electron chi connectivity index (χ0n) is 11.1. The molecule has 1 atom stereocenters. The fourth-order valence-corrected chi connectivity index (χ4v) is 2.24. The molecule has 0 aliphatic rings. The molecule has 0 aliphatic heterocycles. The van der Waals surface area contributed by atoms with E-state index in [1.807, 2.05) is 19.1 Å². The molecule has 1 rings (SSSR count). The van der Waals surface area contributed by atoms with E-state index in [1.54, 1.807) is 0 Å². The van der Waals surface area contributed by atoms with E-state index in [0.717, 1.165) is 22.2 Å². The maximum atomic E-state index is 6.23. The number of benzene rings is 1. The molecule has 2 nitrogen and oxygen atoms in total. The monoisotopic (exact) mass is 335 g/mol. The smallest absolute Gasteiger partial charge is 0.124 e. The zero-order chi connectivity index (χ0) is 12.7. The van der Waals surface area contributed by atoms with Gasteiger partial charge in [0.2, 0.25) is 0 Å². The van der Waals surface area contributed by atoms with Crippen LogP contribution in [0.15, 0.2) is 22.7 Å². The van der Waals surface area contributed by atoms with Crippen LogP contribution in [0.25, 0.3) is 0 Å². The van der Waals surface area contributed by atoms with Crippen molar-refractivity contribution in [2.75, 3.05) is 6.61 Å². The number of unbranched alkanes of at least 4 members (excludes halogenated alkanes) is 2. The lowest BCUT2D eigenvalue weighted by Crippen LogP contribution is -2.12. The molecule has 0 aromatic heterocycles. The molecule has 0 unspecified atom stereocenters. The molecule has 0 aliphatic carbocycles. The molecule has 0 bridgehead atoms. The van der Waals surface area contributed by atoms with Crippen molar-refractivity contribution in [3.05, 3.63) is 28.2 Å². The number of rotatable bonds is 7. The summed E-state index contributed by atoms with van der Waals surface area (Å²) in [6, 6.07) is 6.12. The summed E-state index contributed by atoms with van der Waals surface area (Å²) in [5, 5.41) is 0. The highest BCUT2D eigenvalue weighted by Gasteiger charge is 2.12. The van der Waals surface area contributed by atoms with Gasteiger partial charge >= 0.3 is 0 Å². The summed E-state index contributed by atoms with van der Waals surface area (Å²) in [5.74, 6) is 0.916. The summed E-state index contributed by atoms with van der Waals surface area (Å²) in [5.41, 5.74) is 7.34. The summed E-state index contributed by atoms with van der Waals surface area (Å²) >= 11 is 3.49. The molecule has 0 saturated heterocycles. The van der Waals surface area contributed by atoms with Crippen molar-refractivity contribution in [2.24, 2.45) is 5.73 Å². The summed E-state index contributed by atoms with van der Waals surface area (Å²) in [4.78, 5) is 0. The Bertz CT molecular complexity index is 347. The van der Waals surface area contributed by atoms with Crippen molar-refractivity contribution in [2.45, 2.75) is 45.6 Å². The minimum atomic E-state index is 0. The van der Waals surface area contributed by atoms with Gasteiger partial charge in [-0.25, -0.2) is 0 Å². The lowest BCUT2D eigenvalue weighted by molar-refractivity contribution is 0.333. The minimum absolute atomic E-state index is 0. The molecule has 0 amide bonds. The Balaban J connectivity index is 0.00000289. The average molecular weight is 337 g/mol. The first-order valence-electron chi connectivity index (χ1n) is 6.36. The Morgan fingerprint density at radius 2 is 2.00 bits per heavy atom. The van der Waals surface area contributed by atoms with Crippen molar-refractivity contribution in [1.82, 2.24) is 0 Å². The summed E-state index contributed by atoms with van der Waals surface area (Å²) in [6.45, 7) is 4.88. The van der Waals surface area contributed by atoms with Gasteiger partial charge in [-0.15, -0.1) is 12.4 Å². The van der Waals surface area contributed by atoms with Gasteiger partial charge in [0.15, 0.2) is 0 Å². The Kier molecular flexibility index (Phi) is 9.52. The highest BCUT2D eigenvalue weighted by atomic mass is 79.9. The maximum Gasteiger partial charge on any atom is 0.124 e. The highest BCUT2D eigenvalue weighted by Crippen LogP contribution is 2.30. The van der Waals surface area contributed by atoms with E-state index in [1.165, 1.54) is 19.3 Å². The van der Waals surface area contributed by atoms with Crippen molar-refractivity contribution >= 4 is 28.3 Å². The summed E-state index contributed by atoms with van der Waals surface area (Å²) in [7, 11) is 0. The van der Waals surface area contributed by atoms with Gasteiger partial charge in [-0.05, 0) is 31.5 Å². The van der Waals surface area contributed by atoms with Crippen molar-refractivity contribution in [3.63, 3.8) is 0 Å². The van der Waals surface area contributed by atoms with Gasteiger partial charge in [0.1, 0.15) is 5.75 Å². The largest absolute Gasteiger partial charge is 0.494 e. The number of nitrogens with two attached hydrogens (primary N) is 1. The van der Waals surface area contributed by atoms with Gasteiger partial charge < -0.3 is 10.5 Å². The fourth-order valence-electron chi connectivity index (χ4n) is 1.87. The molecule has 0 fully saturated rings. The molecule has 1 aromatic rings. The molecule has 2 N–H and O–H groups in total. The van der Waals surface area contributed by atoms with E-state index in [9.17, 15) is 0 Å². The molecule has 0 heterocycles. The van der Waals surface area contributed by atoms with Crippen LogP contribution in [0.1, 0.15) is 51.1 Å². The van der Waals surface area contributed by atoms with E-state index in [4.69, 9.17) is 10.5 Å². The highest BCUT2D eigenvalue weighted by molar-refractivity contribution is 9.10. The zero-order valence-corrected chi connectivity index (χ0v) is 13.5. The average Bonchev–Trinajstić information content (AvgIpc) is 2.32. The Hall–Kier alpha value is -0.250. The van der Waals surface area contributed by atoms with Crippen LogP contribution < -0.4 is 10.5 Å². The van der Waals surface area contributed by atoms with Crippen molar-refractivity contribution in [3.8, 4) is 5.75 Å². The maximum absolute atomic E-state index is 6.23. The minimum Gasteiger partial charge on any atom is -0.494 e. The molecule has 104 valence electrons. The predicted molar refractivity (Wildman–Crippen MR) is 83.6 cm³/mol. The molecule has 0 spiro atoms. The second kappa shape index (κ2) is 9.65. The van der Waals surface area contributed by atoms with Crippen LogP contribution in [-0.2, 0) is 0 Å². The normalized spacial score (nSPS) is 11.8. The summed E-state index contributed by atoms with van der Waals surface area (Å²) in [6.07, 6.45) is 4.66. The fraction of sp³-hybridized carbons (Fsp3) is 0.571. The molecule has 0 saturated carbocycles. The third-order valence-electron chi connectivity index (χ3n) is 2.79. The van der Waals surface area contributed by atoms with Crippen LogP contribution in [0.3, 0.4) is 0 Å². The van der Waals surface area contributed by atoms with Gasteiger partial charge in [-0.1, -0.05) is 42.1 Å². The van der Waals surface area contributed by atoms with Gasteiger partial charge in [0.05, 0.1) is 6.61 Å². The Labute approximate surface area is 125 Å². The molecule has 18 heavy (non-hydrogen) atoms. The van der Waals surface area contributed by atoms with Crippen LogP contribution >= 0.6 is 28.3 Å². The van der Waals surface area contributed by atoms with Crippen LogP contribution in [0.4, 0.5) is 0 Å². The SMILES string of the molecule is CCCCC[C@@H](N)c1cc(Br)ccc1OCC.Cl. The molecular formula is C14H23BrClNO. The first kappa shape index (κ1) is 17.8. The number of hydrogen-bond acceptors (Lipinski definition) is 2. The van der Waals surface area contributed by atoms with E-state index >= 15 is 0 Å². The van der Waals surface area contributed by atoms with Crippen molar-refractivity contribution < 1.29 is 4.74 Å².